The molecular weight excluding hydrogens is 198 g/mol. The van der Waals surface area contributed by atoms with Gasteiger partial charge in [0.25, 0.3) is 0 Å². The van der Waals surface area contributed by atoms with E-state index in [2.05, 4.69) is 4.89 Å². The lowest BCUT2D eigenvalue weighted by Gasteiger charge is -2.37. The average Bonchev–Trinajstić information content (AvgIpc) is 2.26. The van der Waals surface area contributed by atoms with Crippen molar-refractivity contribution in [3.8, 4) is 0 Å². The van der Waals surface area contributed by atoms with E-state index in [9.17, 15) is 9.90 Å². The van der Waals surface area contributed by atoms with Crippen LogP contribution in [0.25, 0.3) is 0 Å². The van der Waals surface area contributed by atoms with E-state index in [0.717, 1.165) is 6.42 Å². The van der Waals surface area contributed by atoms with Gasteiger partial charge in [-0.1, -0.05) is 20.3 Å². The van der Waals surface area contributed by atoms with Crippen molar-refractivity contribution in [2.75, 3.05) is 7.05 Å². The van der Waals surface area contributed by atoms with E-state index in [4.69, 9.17) is 5.26 Å². The normalized spacial score (nSPS) is 17.3. The second-order valence-corrected chi connectivity index (χ2v) is 3.89. The van der Waals surface area contributed by atoms with Gasteiger partial charge in [0.1, 0.15) is 11.8 Å². The number of aliphatic hydroxyl groups is 1. The molecule has 2 atom stereocenters. The van der Waals surface area contributed by atoms with Crippen LogP contribution in [0.5, 0.6) is 0 Å². The molecule has 0 bridgehead atoms. The Morgan fingerprint density at radius 3 is 2.40 bits per heavy atom. The zero-order valence-electron chi connectivity index (χ0n) is 9.86. The zero-order chi connectivity index (χ0) is 12.1. The topological polar surface area (TPSA) is 70.0 Å². The first-order valence-electron chi connectivity index (χ1n) is 5.20. The molecule has 0 saturated heterocycles. The molecular formula is C10H21NO4. The van der Waals surface area contributed by atoms with Gasteiger partial charge >= 0.3 is 5.97 Å². The molecule has 2 N–H and O–H groups in total. The largest absolute Gasteiger partial charge is 0.378 e. The van der Waals surface area contributed by atoms with Crippen LogP contribution in [0, 0.1) is 0 Å². The van der Waals surface area contributed by atoms with Crippen LogP contribution in [0.15, 0.2) is 0 Å². The predicted molar refractivity (Wildman–Crippen MR) is 56.1 cm³/mol. The highest BCUT2D eigenvalue weighted by atomic mass is 17.1. The molecule has 0 saturated carbocycles. The van der Waals surface area contributed by atoms with Crippen LogP contribution in [-0.4, -0.2) is 40.0 Å². The Morgan fingerprint density at radius 1 is 1.53 bits per heavy atom. The van der Waals surface area contributed by atoms with Gasteiger partial charge in [0.2, 0.25) is 0 Å². The van der Waals surface area contributed by atoms with Crippen molar-refractivity contribution < 1.29 is 20.0 Å². The Morgan fingerprint density at radius 2 is 2.07 bits per heavy atom. The maximum atomic E-state index is 11.4. The fourth-order valence-corrected chi connectivity index (χ4v) is 1.42. The average molecular weight is 219 g/mol. The van der Waals surface area contributed by atoms with Crippen molar-refractivity contribution >= 4 is 5.97 Å². The van der Waals surface area contributed by atoms with E-state index in [1.165, 1.54) is 4.90 Å². The monoisotopic (exact) mass is 219 g/mol. The van der Waals surface area contributed by atoms with Gasteiger partial charge < -0.3 is 5.11 Å². The lowest BCUT2D eigenvalue weighted by Crippen LogP contribution is -2.54. The maximum absolute atomic E-state index is 11.4. The van der Waals surface area contributed by atoms with Gasteiger partial charge in [-0.15, -0.1) is 0 Å². The maximum Gasteiger partial charge on any atom is 0.361 e. The first-order chi connectivity index (χ1) is 6.93. The molecule has 0 rings (SSSR count). The minimum Gasteiger partial charge on any atom is -0.378 e. The van der Waals surface area contributed by atoms with Crippen molar-refractivity contribution in [3.63, 3.8) is 0 Å². The first-order valence-corrected chi connectivity index (χ1v) is 5.20. The minimum absolute atomic E-state index is 0.448. The summed E-state index contributed by atoms with van der Waals surface area (Å²) in [5, 5.41) is 18.2. The van der Waals surface area contributed by atoms with E-state index < -0.39 is 17.7 Å². The van der Waals surface area contributed by atoms with Crippen molar-refractivity contribution in [2.45, 2.75) is 51.8 Å². The summed E-state index contributed by atoms with van der Waals surface area (Å²) in [7, 11) is 1.64. The van der Waals surface area contributed by atoms with Gasteiger partial charge in [-0.2, -0.15) is 5.26 Å². The fourth-order valence-electron chi connectivity index (χ4n) is 1.42. The number of aliphatic hydroxyl groups excluding tert-OH is 1. The Balaban J connectivity index is 4.71. The number of carbonyl (C=O) groups is 1. The van der Waals surface area contributed by atoms with Gasteiger partial charge in [-0.05, 0) is 26.8 Å². The van der Waals surface area contributed by atoms with E-state index in [1.54, 1.807) is 20.9 Å². The summed E-state index contributed by atoms with van der Waals surface area (Å²) in [5.41, 5.74) is -0.997. The molecule has 0 aliphatic rings. The first kappa shape index (κ1) is 14.3. The Kier molecular flexibility index (Phi) is 5.79. The number of hydrogen-bond acceptors (Lipinski definition) is 5. The number of rotatable bonds is 6. The molecule has 0 radical (unpaired) electrons. The Hall–Kier alpha value is -0.650. The summed E-state index contributed by atoms with van der Waals surface area (Å²) >= 11 is 0. The summed E-state index contributed by atoms with van der Waals surface area (Å²) in [4.78, 5) is 16.7. The van der Waals surface area contributed by atoms with Crippen LogP contribution in [0.4, 0.5) is 0 Å². The second kappa shape index (κ2) is 6.05. The summed E-state index contributed by atoms with van der Waals surface area (Å²) in [6.07, 6.45) is 1.13. The van der Waals surface area contributed by atoms with Crippen molar-refractivity contribution in [1.82, 2.24) is 4.90 Å². The molecule has 2 unspecified atom stereocenters. The van der Waals surface area contributed by atoms with Gasteiger partial charge in [-0.3, -0.25) is 9.79 Å². The van der Waals surface area contributed by atoms with Gasteiger partial charge in [0.05, 0.1) is 0 Å². The molecule has 90 valence electrons. The third-order valence-electron chi connectivity index (χ3n) is 2.98. The standard InChI is InChI=1S/C10H21NO4/c1-5-7-8(12)11(4)10(3,6-2)9(13)15-14/h8,12,14H,5-7H2,1-4H3. The van der Waals surface area contributed by atoms with E-state index in [-0.39, 0.29) is 0 Å². The van der Waals surface area contributed by atoms with Crippen LogP contribution in [0.3, 0.4) is 0 Å². The molecule has 0 amide bonds. The van der Waals surface area contributed by atoms with Crippen molar-refractivity contribution in [1.29, 1.82) is 0 Å². The number of nitrogens with zero attached hydrogens (tertiary/aromatic N) is 1. The van der Waals surface area contributed by atoms with Crippen LogP contribution in [-0.2, 0) is 9.68 Å². The molecule has 0 heterocycles. The quantitative estimate of drug-likeness (QED) is 0.399. The molecule has 5 heteroatoms. The minimum atomic E-state index is -0.997. The molecule has 0 aromatic rings. The molecule has 0 spiro atoms. The Labute approximate surface area is 90.6 Å². The summed E-state index contributed by atoms with van der Waals surface area (Å²) in [6, 6.07) is 0. The van der Waals surface area contributed by atoms with E-state index >= 15 is 0 Å². The predicted octanol–water partition coefficient (Wildman–Crippen LogP) is 1.22. The van der Waals surface area contributed by atoms with Crippen LogP contribution in [0.2, 0.25) is 0 Å². The Bertz CT molecular complexity index is 210. The smallest absolute Gasteiger partial charge is 0.361 e. The van der Waals surface area contributed by atoms with E-state index in [0.29, 0.717) is 12.8 Å². The van der Waals surface area contributed by atoms with Gasteiger partial charge in [-0.25, -0.2) is 4.79 Å². The number of carbonyl (C=O) groups excluding carboxylic acids is 1. The highest BCUT2D eigenvalue weighted by Gasteiger charge is 2.40. The fraction of sp³-hybridized carbons (Fsp3) is 0.900. The van der Waals surface area contributed by atoms with Gasteiger partial charge in [0.15, 0.2) is 0 Å². The SMILES string of the molecule is CCCC(O)N(C)C(C)(CC)C(=O)OO. The molecule has 0 aliphatic heterocycles. The third-order valence-corrected chi connectivity index (χ3v) is 2.98. The highest BCUT2D eigenvalue weighted by Crippen LogP contribution is 2.22. The van der Waals surface area contributed by atoms with Crippen molar-refractivity contribution in [3.05, 3.63) is 0 Å². The molecule has 15 heavy (non-hydrogen) atoms. The number of hydrogen-bond donors (Lipinski definition) is 2. The second-order valence-electron chi connectivity index (χ2n) is 3.89. The highest BCUT2D eigenvalue weighted by molar-refractivity contribution is 5.79. The summed E-state index contributed by atoms with van der Waals surface area (Å²) in [5.74, 6) is -0.748. The number of likely N-dealkylation sites (N-methyl/N-ethyl adjacent to an activating group) is 1. The molecule has 0 aliphatic carbocycles. The lowest BCUT2D eigenvalue weighted by atomic mass is 9.96. The van der Waals surface area contributed by atoms with E-state index in [1.807, 2.05) is 6.92 Å². The lowest BCUT2D eigenvalue weighted by molar-refractivity contribution is -0.249. The molecule has 5 nitrogen and oxygen atoms in total. The van der Waals surface area contributed by atoms with Crippen LogP contribution in [0.1, 0.15) is 40.0 Å². The molecule has 0 fully saturated rings. The molecule has 0 aromatic carbocycles. The molecule has 0 aromatic heterocycles. The zero-order valence-corrected chi connectivity index (χ0v) is 9.86. The van der Waals surface area contributed by atoms with Crippen LogP contribution >= 0.6 is 0 Å². The van der Waals surface area contributed by atoms with Gasteiger partial charge in [0, 0.05) is 0 Å². The summed E-state index contributed by atoms with van der Waals surface area (Å²) < 4.78 is 0. The van der Waals surface area contributed by atoms with Crippen LogP contribution < -0.4 is 0 Å². The summed E-state index contributed by atoms with van der Waals surface area (Å²) in [6.45, 7) is 5.38. The third kappa shape index (κ3) is 3.15. The van der Waals surface area contributed by atoms with Crippen molar-refractivity contribution in [2.24, 2.45) is 0 Å².